The number of hydrogen-bond donors (Lipinski definition) is 1. The summed E-state index contributed by atoms with van der Waals surface area (Å²) in [4.78, 5) is 28.1. The number of pyridine rings is 1. The van der Waals surface area contributed by atoms with E-state index >= 15 is 0 Å². The van der Waals surface area contributed by atoms with Crippen LogP contribution in [0.15, 0.2) is 24.4 Å². The predicted octanol–water partition coefficient (Wildman–Crippen LogP) is 0.114. The van der Waals surface area contributed by atoms with E-state index in [2.05, 4.69) is 4.98 Å². The first-order chi connectivity index (χ1) is 7.20. The van der Waals surface area contributed by atoms with Crippen molar-refractivity contribution in [3.05, 3.63) is 24.4 Å². The first-order valence-electron chi connectivity index (χ1n) is 4.50. The Morgan fingerprint density at radius 3 is 2.80 bits per heavy atom. The Hall–Kier alpha value is -1.95. The Balaban J connectivity index is 2.25. The summed E-state index contributed by atoms with van der Waals surface area (Å²) in [6.45, 7) is 0.322. The molecule has 1 fully saturated rings. The van der Waals surface area contributed by atoms with Crippen LogP contribution in [0.3, 0.4) is 0 Å². The second-order valence-electron chi connectivity index (χ2n) is 3.14. The maximum atomic E-state index is 11.6. The van der Waals surface area contributed by atoms with E-state index in [0.29, 0.717) is 17.4 Å². The monoisotopic (exact) mass is 206 g/mol. The third kappa shape index (κ3) is 1.66. The quantitative estimate of drug-likeness (QED) is 0.522. The second-order valence-corrected chi connectivity index (χ2v) is 3.14. The van der Waals surface area contributed by atoms with Crippen LogP contribution in [-0.4, -0.2) is 28.5 Å². The fourth-order valence-electron chi connectivity index (χ4n) is 1.39. The molecule has 1 saturated heterocycles. The number of rotatable bonds is 1. The van der Waals surface area contributed by atoms with Gasteiger partial charge in [0.25, 0.3) is 0 Å². The molecule has 0 radical (unpaired) electrons. The zero-order valence-corrected chi connectivity index (χ0v) is 7.96. The van der Waals surface area contributed by atoms with Crippen LogP contribution in [0, 0.1) is 0 Å². The largest absolute Gasteiger partial charge is 0.346 e. The molecule has 0 atom stereocenters. The van der Waals surface area contributed by atoms with Gasteiger partial charge in [0.15, 0.2) is 0 Å². The average Bonchev–Trinajstić information content (AvgIpc) is 2.27. The molecule has 3 amide bonds. The highest BCUT2D eigenvalue weighted by atomic mass is 16.2. The van der Waals surface area contributed by atoms with Crippen molar-refractivity contribution in [2.24, 2.45) is 5.84 Å². The molecule has 0 saturated carbocycles. The second kappa shape index (κ2) is 3.66. The van der Waals surface area contributed by atoms with Crippen molar-refractivity contribution in [3.63, 3.8) is 0 Å². The molecule has 0 aliphatic carbocycles. The van der Waals surface area contributed by atoms with Crippen LogP contribution in [0.1, 0.15) is 6.42 Å². The Kier molecular flexibility index (Phi) is 2.34. The number of amides is 3. The molecule has 0 aromatic carbocycles. The van der Waals surface area contributed by atoms with Gasteiger partial charge in [-0.3, -0.25) is 9.69 Å². The lowest BCUT2D eigenvalue weighted by Gasteiger charge is -2.30. The SMILES string of the molecule is NN1C(=O)CCN(c2ccccn2)C1=O. The van der Waals surface area contributed by atoms with Gasteiger partial charge in [0.05, 0.1) is 0 Å². The summed E-state index contributed by atoms with van der Waals surface area (Å²) >= 11 is 0. The van der Waals surface area contributed by atoms with Crippen molar-refractivity contribution in [1.82, 2.24) is 9.99 Å². The molecule has 0 unspecified atom stereocenters. The number of nitrogens with two attached hydrogens (primary N) is 1. The van der Waals surface area contributed by atoms with Crippen LogP contribution < -0.4 is 10.7 Å². The zero-order valence-electron chi connectivity index (χ0n) is 7.96. The van der Waals surface area contributed by atoms with Gasteiger partial charge < -0.3 is 0 Å². The lowest BCUT2D eigenvalue weighted by molar-refractivity contribution is -0.129. The molecule has 1 aromatic heterocycles. The predicted molar refractivity (Wildman–Crippen MR) is 52.6 cm³/mol. The van der Waals surface area contributed by atoms with Crippen LogP contribution in [0.2, 0.25) is 0 Å². The molecule has 2 N–H and O–H groups in total. The maximum absolute atomic E-state index is 11.6. The zero-order chi connectivity index (χ0) is 10.8. The first kappa shape index (κ1) is 9.60. The van der Waals surface area contributed by atoms with Gasteiger partial charge >= 0.3 is 6.03 Å². The van der Waals surface area contributed by atoms with E-state index in [1.165, 1.54) is 4.90 Å². The van der Waals surface area contributed by atoms with Gasteiger partial charge in [-0.1, -0.05) is 6.07 Å². The van der Waals surface area contributed by atoms with Crippen LogP contribution in [0.25, 0.3) is 0 Å². The fourth-order valence-corrected chi connectivity index (χ4v) is 1.39. The summed E-state index contributed by atoms with van der Waals surface area (Å²) in [6, 6.07) is 4.68. The molecule has 2 heterocycles. The van der Waals surface area contributed by atoms with Crippen molar-refractivity contribution in [1.29, 1.82) is 0 Å². The van der Waals surface area contributed by atoms with Crippen molar-refractivity contribution >= 4 is 17.8 Å². The van der Waals surface area contributed by atoms with Crippen LogP contribution in [0.4, 0.5) is 10.6 Å². The number of nitrogens with zero attached hydrogens (tertiary/aromatic N) is 3. The number of aromatic nitrogens is 1. The van der Waals surface area contributed by atoms with Gasteiger partial charge in [0, 0.05) is 19.2 Å². The fraction of sp³-hybridized carbons (Fsp3) is 0.222. The van der Waals surface area contributed by atoms with E-state index < -0.39 is 6.03 Å². The molecule has 6 heteroatoms. The van der Waals surface area contributed by atoms with Gasteiger partial charge in [-0.25, -0.2) is 15.6 Å². The highest BCUT2D eigenvalue weighted by Gasteiger charge is 2.31. The number of imide groups is 1. The minimum absolute atomic E-state index is 0.221. The van der Waals surface area contributed by atoms with Gasteiger partial charge in [-0.2, -0.15) is 5.01 Å². The maximum Gasteiger partial charge on any atom is 0.346 e. The Bertz CT molecular complexity index is 392. The van der Waals surface area contributed by atoms with E-state index in [0.717, 1.165) is 0 Å². The molecule has 78 valence electrons. The van der Waals surface area contributed by atoms with Crippen molar-refractivity contribution in [3.8, 4) is 0 Å². The number of carbonyl (C=O) groups excluding carboxylic acids is 2. The van der Waals surface area contributed by atoms with E-state index in [-0.39, 0.29) is 12.3 Å². The molecule has 1 aromatic rings. The molecule has 1 aliphatic heterocycles. The van der Waals surface area contributed by atoms with E-state index in [9.17, 15) is 9.59 Å². The minimum Gasteiger partial charge on any atom is -0.276 e. The third-order valence-electron chi connectivity index (χ3n) is 2.18. The van der Waals surface area contributed by atoms with E-state index in [1.807, 2.05) is 0 Å². The number of hydrogen-bond acceptors (Lipinski definition) is 4. The van der Waals surface area contributed by atoms with Crippen LogP contribution in [0.5, 0.6) is 0 Å². The van der Waals surface area contributed by atoms with Gasteiger partial charge in [-0.05, 0) is 12.1 Å². The van der Waals surface area contributed by atoms with E-state index in [4.69, 9.17) is 5.84 Å². The molecule has 2 rings (SSSR count). The van der Waals surface area contributed by atoms with Gasteiger partial charge in [-0.15, -0.1) is 0 Å². The standard InChI is InChI=1S/C9H10N4O2/c10-13-8(14)4-6-12(9(13)15)7-3-1-2-5-11-7/h1-3,5H,4,6,10H2. The summed E-state index contributed by atoms with van der Waals surface area (Å²) in [5, 5.41) is 0.623. The number of carbonyl (C=O) groups is 2. The summed E-state index contributed by atoms with van der Waals surface area (Å²) in [5.74, 6) is 5.45. The summed E-state index contributed by atoms with van der Waals surface area (Å²) < 4.78 is 0. The first-order valence-corrected chi connectivity index (χ1v) is 4.50. The van der Waals surface area contributed by atoms with E-state index in [1.54, 1.807) is 24.4 Å². The molecule has 0 bridgehead atoms. The molecule has 1 aliphatic rings. The van der Waals surface area contributed by atoms with Crippen LogP contribution >= 0.6 is 0 Å². The molecule has 6 nitrogen and oxygen atoms in total. The normalized spacial score (nSPS) is 17.1. The summed E-state index contributed by atoms with van der Waals surface area (Å²) in [7, 11) is 0. The third-order valence-corrected chi connectivity index (χ3v) is 2.18. The summed E-state index contributed by atoms with van der Waals surface area (Å²) in [5.41, 5.74) is 0. The van der Waals surface area contributed by atoms with Gasteiger partial charge in [0.1, 0.15) is 5.82 Å². The number of anilines is 1. The van der Waals surface area contributed by atoms with Crippen molar-refractivity contribution in [2.75, 3.05) is 11.4 Å². The lowest BCUT2D eigenvalue weighted by atomic mass is 10.3. The smallest absolute Gasteiger partial charge is 0.276 e. The molecular formula is C9H10N4O2. The Labute approximate surface area is 86.3 Å². The Morgan fingerprint density at radius 2 is 2.13 bits per heavy atom. The number of hydrazine groups is 1. The highest BCUT2D eigenvalue weighted by molar-refractivity contribution is 6.04. The van der Waals surface area contributed by atoms with Crippen molar-refractivity contribution in [2.45, 2.75) is 6.42 Å². The summed E-state index contributed by atoms with van der Waals surface area (Å²) in [6.07, 6.45) is 1.80. The minimum atomic E-state index is -0.537. The van der Waals surface area contributed by atoms with Crippen LogP contribution in [-0.2, 0) is 4.79 Å². The number of urea groups is 1. The highest BCUT2D eigenvalue weighted by Crippen LogP contribution is 2.15. The lowest BCUT2D eigenvalue weighted by Crippen LogP contribution is -2.55. The topological polar surface area (TPSA) is 79.5 Å². The van der Waals surface area contributed by atoms with Crippen molar-refractivity contribution < 1.29 is 9.59 Å². The average molecular weight is 206 g/mol. The molecular weight excluding hydrogens is 196 g/mol. The molecule has 0 spiro atoms. The molecule has 15 heavy (non-hydrogen) atoms. The van der Waals surface area contributed by atoms with Gasteiger partial charge in [0.2, 0.25) is 5.91 Å². The Morgan fingerprint density at radius 1 is 1.33 bits per heavy atom.